The fraction of sp³-hybridized carbons (Fsp3) is 0. The van der Waals surface area contributed by atoms with Crippen LogP contribution in [0.3, 0.4) is 0 Å². The molecule has 6 heteroatoms. The highest BCUT2D eigenvalue weighted by molar-refractivity contribution is 9.10. The van der Waals surface area contributed by atoms with E-state index in [0.29, 0.717) is 16.3 Å². The lowest BCUT2D eigenvalue weighted by Gasteiger charge is -2.00. The zero-order chi connectivity index (χ0) is 14.1. The molecule has 0 atom stereocenters. The van der Waals surface area contributed by atoms with Crippen LogP contribution in [-0.4, -0.2) is 16.1 Å². The summed E-state index contributed by atoms with van der Waals surface area (Å²) in [5, 5.41) is 7.13. The van der Waals surface area contributed by atoms with Gasteiger partial charge < -0.3 is 0 Å². The number of benzene rings is 1. The first kappa shape index (κ1) is 13.5. The standard InChI is InChI=1S/C14H8BrClN2OS/c15-12-5-6-20-14(12)13-9(8-19)7-18(17-13)11-3-1-10(16)2-4-11/h1-8H. The molecule has 0 unspecified atom stereocenters. The zero-order valence-corrected chi connectivity index (χ0v) is 13.2. The third-order valence-corrected chi connectivity index (χ3v) is 4.89. The number of rotatable bonds is 3. The summed E-state index contributed by atoms with van der Waals surface area (Å²) in [5.74, 6) is 0. The predicted octanol–water partition coefficient (Wildman–Crippen LogP) is 4.83. The van der Waals surface area contributed by atoms with Crippen molar-refractivity contribution in [2.75, 3.05) is 0 Å². The van der Waals surface area contributed by atoms with E-state index < -0.39 is 0 Å². The maximum Gasteiger partial charge on any atom is 0.153 e. The largest absolute Gasteiger partial charge is 0.298 e. The van der Waals surface area contributed by atoms with E-state index in [1.807, 2.05) is 23.6 Å². The summed E-state index contributed by atoms with van der Waals surface area (Å²) in [6.07, 6.45) is 2.54. The molecule has 0 aliphatic heterocycles. The van der Waals surface area contributed by atoms with E-state index in [4.69, 9.17) is 11.6 Å². The van der Waals surface area contributed by atoms with Crippen molar-refractivity contribution in [2.24, 2.45) is 0 Å². The third-order valence-electron chi connectivity index (χ3n) is 2.79. The Bertz CT molecular complexity index is 764. The number of carbonyl (C=O) groups excluding carboxylic acids is 1. The summed E-state index contributed by atoms with van der Waals surface area (Å²) >= 11 is 10.9. The van der Waals surface area contributed by atoms with Crippen LogP contribution in [0.5, 0.6) is 0 Å². The Hall–Kier alpha value is -1.43. The maximum atomic E-state index is 11.2. The molecule has 2 heterocycles. The first-order valence-electron chi connectivity index (χ1n) is 5.73. The number of halogens is 2. The quantitative estimate of drug-likeness (QED) is 0.622. The Morgan fingerprint density at radius 1 is 1.25 bits per heavy atom. The van der Waals surface area contributed by atoms with E-state index in [-0.39, 0.29) is 0 Å². The van der Waals surface area contributed by atoms with Gasteiger partial charge in [-0.05, 0) is 51.6 Å². The van der Waals surface area contributed by atoms with Crippen LogP contribution < -0.4 is 0 Å². The number of thiophene rings is 1. The topological polar surface area (TPSA) is 34.9 Å². The van der Waals surface area contributed by atoms with E-state index >= 15 is 0 Å². The van der Waals surface area contributed by atoms with Crippen molar-refractivity contribution in [2.45, 2.75) is 0 Å². The van der Waals surface area contributed by atoms with Gasteiger partial charge in [-0.1, -0.05) is 11.6 Å². The molecule has 2 aromatic heterocycles. The van der Waals surface area contributed by atoms with Gasteiger partial charge in [0.05, 0.1) is 16.1 Å². The van der Waals surface area contributed by atoms with E-state index in [1.54, 1.807) is 34.3 Å². The molecule has 0 radical (unpaired) electrons. The summed E-state index contributed by atoms with van der Waals surface area (Å²) in [7, 11) is 0. The van der Waals surface area contributed by atoms with Gasteiger partial charge in [0.25, 0.3) is 0 Å². The van der Waals surface area contributed by atoms with Gasteiger partial charge in [-0.25, -0.2) is 4.68 Å². The molecule has 0 aliphatic rings. The van der Waals surface area contributed by atoms with Gasteiger partial charge in [-0.3, -0.25) is 4.79 Å². The van der Waals surface area contributed by atoms with Crippen molar-refractivity contribution in [3.8, 4) is 16.3 Å². The number of carbonyl (C=O) groups is 1. The van der Waals surface area contributed by atoms with Gasteiger partial charge in [0, 0.05) is 15.7 Å². The van der Waals surface area contributed by atoms with Crippen molar-refractivity contribution >= 4 is 45.2 Å². The van der Waals surface area contributed by atoms with Gasteiger partial charge in [-0.2, -0.15) is 5.10 Å². The second kappa shape index (κ2) is 5.52. The molecule has 3 aromatic rings. The van der Waals surface area contributed by atoms with Gasteiger partial charge in [0.1, 0.15) is 5.69 Å². The molecule has 20 heavy (non-hydrogen) atoms. The van der Waals surface area contributed by atoms with Crippen LogP contribution in [0, 0.1) is 0 Å². The molecule has 0 fully saturated rings. The van der Waals surface area contributed by atoms with Gasteiger partial charge in [0.2, 0.25) is 0 Å². The molecule has 0 saturated carbocycles. The van der Waals surface area contributed by atoms with E-state index in [1.165, 1.54) is 0 Å². The SMILES string of the molecule is O=Cc1cn(-c2ccc(Cl)cc2)nc1-c1sccc1Br. The molecule has 1 aromatic carbocycles. The molecule has 3 rings (SSSR count). The van der Waals surface area contributed by atoms with Crippen LogP contribution in [0.15, 0.2) is 46.4 Å². The molecule has 0 spiro atoms. The van der Waals surface area contributed by atoms with E-state index in [2.05, 4.69) is 21.0 Å². The van der Waals surface area contributed by atoms with E-state index in [9.17, 15) is 4.79 Å². The van der Waals surface area contributed by atoms with Crippen molar-refractivity contribution in [1.82, 2.24) is 9.78 Å². The molecule has 0 N–H and O–H groups in total. The molecule has 100 valence electrons. The lowest BCUT2D eigenvalue weighted by molar-refractivity contribution is 0.112. The first-order valence-corrected chi connectivity index (χ1v) is 7.78. The van der Waals surface area contributed by atoms with Crippen LogP contribution in [0.25, 0.3) is 16.3 Å². The summed E-state index contributed by atoms with van der Waals surface area (Å²) in [4.78, 5) is 12.2. The summed E-state index contributed by atoms with van der Waals surface area (Å²) in [6, 6.07) is 9.24. The number of aromatic nitrogens is 2. The Morgan fingerprint density at radius 2 is 2.00 bits per heavy atom. The highest BCUT2D eigenvalue weighted by Crippen LogP contribution is 2.34. The van der Waals surface area contributed by atoms with Crippen molar-refractivity contribution in [3.63, 3.8) is 0 Å². The molecule has 0 bridgehead atoms. The molecular formula is C14H8BrClN2OS. The van der Waals surface area contributed by atoms with E-state index in [0.717, 1.165) is 21.3 Å². The highest BCUT2D eigenvalue weighted by atomic mass is 79.9. The fourth-order valence-corrected chi connectivity index (χ4v) is 3.53. The Balaban J connectivity index is 2.12. The lowest BCUT2D eigenvalue weighted by atomic mass is 10.2. The van der Waals surface area contributed by atoms with Crippen LogP contribution in [0.2, 0.25) is 5.02 Å². The number of nitrogens with zero attached hydrogens (tertiary/aromatic N) is 2. The van der Waals surface area contributed by atoms with Crippen LogP contribution in [0.4, 0.5) is 0 Å². The Morgan fingerprint density at radius 3 is 2.60 bits per heavy atom. The fourth-order valence-electron chi connectivity index (χ4n) is 1.84. The zero-order valence-electron chi connectivity index (χ0n) is 10.1. The molecule has 0 saturated heterocycles. The Labute approximate surface area is 132 Å². The monoisotopic (exact) mass is 366 g/mol. The number of hydrogen-bond acceptors (Lipinski definition) is 3. The smallest absolute Gasteiger partial charge is 0.153 e. The van der Waals surface area contributed by atoms with Crippen LogP contribution in [0.1, 0.15) is 10.4 Å². The van der Waals surface area contributed by atoms with Crippen molar-refractivity contribution in [1.29, 1.82) is 0 Å². The lowest BCUT2D eigenvalue weighted by Crippen LogP contribution is -1.94. The minimum absolute atomic E-state index is 0.558. The number of hydrogen-bond donors (Lipinski definition) is 0. The maximum absolute atomic E-state index is 11.2. The van der Waals surface area contributed by atoms with Gasteiger partial charge in [-0.15, -0.1) is 11.3 Å². The minimum atomic E-state index is 0.558. The second-order valence-corrected chi connectivity index (χ2v) is 6.28. The highest BCUT2D eigenvalue weighted by Gasteiger charge is 2.15. The van der Waals surface area contributed by atoms with Gasteiger partial charge in [0.15, 0.2) is 6.29 Å². The van der Waals surface area contributed by atoms with Crippen molar-refractivity contribution in [3.05, 3.63) is 57.0 Å². The average Bonchev–Trinajstić information content (AvgIpc) is 3.05. The predicted molar refractivity (Wildman–Crippen MR) is 85.0 cm³/mol. The molecule has 3 nitrogen and oxygen atoms in total. The molecule has 0 amide bonds. The minimum Gasteiger partial charge on any atom is -0.298 e. The third kappa shape index (κ3) is 2.44. The Kier molecular flexibility index (Phi) is 3.74. The second-order valence-electron chi connectivity index (χ2n) is 4.07. The summed E-state index contributed by atoms with van der Waals surface area (Å²) in [5.41, 5.74) is 2.09. The average molecular weight is 368 g/mol. The van der Waals surface area contributed by atoms with Crippen LogP contribution in [-0.2, 0) is 0 Å². The molecule has 0 aliphatic carbocycles. The first-order chi connectivity index (χ1) is 9.69. The molecular weight excluding hydrogens is 360 g/mol. The van der Waals surface area contributed by atoms with Crippen LogP contribution >= 0.6 is 38.9 Å². The summed E-state index contributed by atoms with van der Waals surface area (Å²) < 4.78 is 2.62. The van der Waals surface area contributed by atoms with Gasteiger partial charge >= 0.3 is 0 Å². The number of aldehydes is 1. The normalized spacial score (nSPS) is 10.7. The van der Waals surface area contributed by atoms with Crippen molar-refractivity contribution < 1.29 is 4.79 Å². The summed E-state index contributed by atoms with van der Waals surface area (Å²) in [6.45, 7) is 0.